The van der Waals surface area contributed by atoms with E-state index in [0.29, 0.717) is 0 Å². The van der Waals surface area contributed by atoms with Crippen LogP contribution < -0.4 is 0 Å². The van der Waals surface area contributed by atoms with Crippen LogP contribution in [-0.4, -0.2) is 6.67 Å². The van der Waals surface area contributed by atoms with Gasteiger partial charge in [-0.05, 0) is 0 Å². The summed E-state index contributed by atoms with van der Waals surface area (Å²) in [5, 5.41) is 0. The lowest BCUT2D eigenvalue weighted by Gasteiger charge is -1.83. The van der Waals surface area contributed by atoms with E-state index in [-0.39, 0.29) is 6.42 Å². The Morgan fingerprint density at radius 1 is 1.75 bits per heavy atom. The molecule has 0 bridgehead atoms. The Morgan fingerprint density at radius 2 is 2.38 bits per heavy atom. The Hall–Kier alpha value is -0.840. The highest BCUT2D eigenvalue weighted by Crippen LogP contribution is 2.00. The summed E-state index contributed by atoms with van der Waals surface area (Å²) in [4.78, 5) is 0. The maximum atomic E-state index is 11.9. The van der Waals surface area contributed by atoms with Crippen LogP contribution in [0.15, 0.2) is 11.9 Å². The zero-order chi connectivity index (χ0) is 6.41. The molecule has 0 spiro atoms. The second-order valence-electron chi connectivity index (χ2n) is 1.20. The Morgan fingerprint density at radius 3 is 2.75 bits per heavy atom. The van der Waals surface area contributed by atoms with E-state index in [0.717, 1.165) is 6.08 Å². The molecule has 0 aliphatic heterocycles. The minimum Gasteiger partial charge on any atom is -0.251 e. The molecule has 0 heterocycles. The summed E-state index contributed by atoms with van der Waals surface area (Å²) in [5.74, 6) is 1.37. The maximum absolute atomic E-state index is 11.9. The van der Waals surface area contributed by atoms with Crippen LogP contribution in [0.4, 0.5) is 8.78 Å². The van der Waals surface area contributed by atoms with E-state index in [4.69, 9.17) is 0 Å². The molecule has 2 heteroatoms. The van der Waals surface area contributed by atoms with Crippen LogP contribution in [0.1, 0.15) is 6.42 Å². The van der Waals surface area contributed by atoms with Crippen LogP contribution in [0, 0.1) is 12.3 Å². The van der Waals surface area contributed by atoms with E-state index in [1.165, 1.54) is 0 Å². The van der Waals surface area contributed by atoms with Crippen LogP contribution in [-0.2, 0) is 0 Å². The van der Waals surface area contributed by atoms with Gasteiger partial charge in [0.2, 0.25) is 0 Å². The van der Waals surface area contributed by atoms with E-state index in [9.17, 15) is 8.78 Å². The molecule has 0 radical (unpaired) electrons. The van der Waals surface area contributed by atoms with Gasteiger partial charge in [-0.1, -0.05) is 5.92 Å². The Kier molecular flexibility index (Phi) is 3.87. The van der Waals surface area contributed by atoms with Gasteiger partial charge in [-0.2, -0.15) is 0 Å². The van der Waals surface area contributed by atoms with Crippen LogP contribution in [0.25, 0.3) is 0 Å². The first-order valence-electron chi connectivity index (χ1n) is 2.18. The van der Waals surface area contributed by atoms with E-state index in [2.05, 4.69) is 6.42 Å². The van der Waals surface area contributed by atoms with Crippen molar-refractivity contribution in [2.75, 3.05) is 6.67 Å². The van der Waals surface area contributed by atoms with Crippen molar-refractivity contribution in [1.82, 2.24) is 0 Å². The van der Waals surface area contributed by atoms with Gasteiger partial charge in [0.1, 0.15) is 5.83 Å². The second kappa shape index (κ2) is 4.32. The van der Waals surface area contributed by atoms with Gasteiger partial charge >= 0.3 is 0 Å². The van der Waals surface area contributed by atoms with Crippen molar-refractivity contribution >= 4 is 0 Å². The second-order valence-corrected chi connectivity index (χ2v) is 1.20. The molecule has 0 rings (SSSR count). The Bertz CT molecular complexity index is 119. The molecule has 8 heavy (non-hydrogen) atoms. The smallest absolute Gasteiger partial charge is 0.111 e. The minimum absolute atomic E-state index is 0.204. The number of allylic oxidation sites excluding steroid dienone is 2. The third-order valence-electron chi connectivity index (χ3n) is 0.573. The van der Waals surface area contributed by atoms with Gasteiger partial charge < -0.3 is 0 Å². The monoisotopic (exact) mass is 116 g/mol. The number of terminal acetylenes is 1. The number of hydrogen-bond acceptors (Lipinski definition) is 0. The first-order chi connectivity index (χ1) is 3.81. The molecule has 0 saturated heterocycles. The lowest BCUT2D eigenvalue weighted by atomic mass is 10.4. The van der Waals surface area contributed by atoms with Crippen molar-refractivity contribution in [3.63, 3.8) is 0 Å². The molecule has 0 amide bonds. The van der Waals surface area contributed by atoms with Crippen molar-refractivity contribution in [3.05, 3.63) is 11.9 Å². The molecule has 0 saturated carbocycles. The molecular weight excluding hydrogens is 110 g/mol. The fourth-order valence-corrected chi connectivity index (χ4v) is 0.253. The molecule has 0 N–H and O–H groups in total. The maximum Gasteiger partial charge on any atom is 0.111 e. The van der Waals surface area contributed by atoms with Gasteiger partial charge in [-0.15, -0.1) is 6.42 Å². The molecule has 0 aliphatic carbocycles. The molecule has 0 atom stereocenters. The van der Waals surface area contributed by atoms with Gasteiger partial charge in [0, 0.05) is 12.5 Å². The number of halogens is 2. The van der Waals surface area contributed by atoms with Gasteiger partial charge in [0.15, 0.2) is 0 Å². The molecule has 0 aliphatic rings. The molecule has 0 fully saturated rings. The van der Waals surface area contributed by atoms with Crippen LogP contribution in [0.2, 0.25) is 0 Å². The van der Waals surface area contributed by atoms with Crippen molar-refractivity contribution < 1.29 is 8.78 Å². The summed E-state index contributed by atoms with van der Waals surface area (Å²) in [5.41, 5.74) is 0. The third-order valence-corrected chi connectivity index (χ3v) is 0.573. The minimum atomic E-state index is -0.690. The van der Waals surface area contributed by atoms with Gasteiger partial charge in [0.25, 0.3) is 0 Å². The first-order valence-corrected chi connectivity index (χ1v) is 2.18. The number of rotatable bonds is 2. The Labute approximate surface area is 47.2 Å². The van der Waals surface area contributed by atoms with Crippen LogP contribution in [0.3, 0.4) is 0 Å². The van der Waals surface area contributed by atoms with Crippen molar-refractivity contribution in [2.45, 2.75) is 6.42 Å². The quantitative estimate of drug-likeness (QED) is 0.483. The third kappa shape index (κ3) is 3.35. The molecule has 0 aromatic heterocycles. The summed E-state index contributed by atoms with van der Waals surface area (Å²) >= 11 is 0. The number of alkyl halides is 1. The molecule has 0 unspecified atom stereocenters. The van der Waals surface area contributed by atoms with E-state index in [1.54, 1.807) is 0 Å². The van der Waals surface area contributed by atoms with Gasteiger partial charge in [0.05, 0.1) is 6.67 Å². The summed E-state index contributed by atoms with van der Waals surface area (Å²) in [7, 11) is 0. The Balaban J connectivity index is 3.49. The lowest BCUT2D eigenvalue weighted by Crippen LogP contribution is -1.74. The molecular formula is C6H6F2. The highest BCUT2D eigenvalue weighted by atomic mass is 19.1. The average molecular weight is 116 g/mol. The SMILES string of the molecule is C#C/C=C(/F)CCF. The largest absolute Gasteiger partial charge is 0.251 e. The van der Waals surface area contributed by atoms with E-state index >= 15 is 0 Å². The van der Waals surface area contributed by atoms with E-state index in [1.807, 2.05) is 5.92 Å². The molecule has 44 valence electrons. The predicted octanol–water partition coefficient (Wildman–Crippen LogP) is 1.83. The topological polar surface area (TPSA) is 0 Å². The lowest BCUT2D eigenvalue weighted by molar-refractivity contribution is 0.456. The van der Waals surface area contributed by atoms with E-state index < -0.39 is 12.5 Å². The summed E-state index contributed by atoms with van der Waals surface area (Å²) in [6, 6.07) is 0. The fraction of sp³-hybridized carbons (Fsp3) is 0.333. The van der Waals surface area contributed by atoms with Crippen molar-refractivity contribution in [3.8, 4) is 12.3 Å². The predicted molar refractivity (Wildman–Crippen MR) is 28.6 cm³/mol. The molecule has 0 aromatic carbocycles. The van der Waals surface area contributed by atoms with Gasteiger partial charge in [-0.25, -0.2) is 4.39 Å². The fourth-order valence-electron chi connectivity index (χ4n) is 0.253. The summed E-state index contributed by atoms with van der Waals surface area (Å²) < 4.78 is 23.1. The average Bonchev–Trinajstić information content (AvgIpc) is 1.68. The zero-order valence-electron chi connectivity index (χ0n) is 4.32. The standard InChI is InChI=1S/C6H6F2/c1-2-3-6(8)4-5-7/h1,3H,4-5H2/b6-3+. The molecule has 0 aromatic rings. The highest BCUT2D eigenvalue weighted by molar-refractivity contribution is 5.12. The summed E-state index contributed by atoms with van der Waals surface area (Å²) in [6.07, 6.45) is 5.38. The summed E-state index contributed by atoms with van der Waals surface area (Å²) in [6.45, 7) is -0.690. The molecule has 0 nitrogen and oxygen atoms in total. The highest BCUT2D eigenvalue weighted by Gasteiger charge is 1.89. The zero-order valence-corrected chi connectivity index (χ0v) is 4.32. The van der Waals surface area contributed by atoms with Crippen molar-refractivity contribution in [2.24, 2.45) is 0 Å². The van der Waals surface area contributed by atoms with Crippen LogP contribution in [0.5, 0.6) is 0 Å². The first kappa shape index (κ1) is 7.16. The van der Waals surface area contributed by atoms with Crippen LogP contribution >= 0.6 is 0 Å². The number of hydrogen-bond donors (Lipinski definition) is 0. The van der Waals surface area contributed by atoms with Gasteiger partial charge in [-0.3, -0.25) is 4.39 Å². The normalized spacial score (nSPS) is 10.9. The van der Waals surface area contributed by atoms with Crippen molar-refractivity contribution in [1.29, 1.82) is 0 Å².